The number of aryl methyl sites for hydroxylation is 1. The van der Waals surface area contributed by atoms with E-state index in [1.807, 2.05) is 35.6 Å². The Morgan fingerprint density at radius 3 is 2.39 bits per heavy atom. The third-order valence-electron chi connectivity index (χ3n) is 4.53. The van der Waals surface area contributed by atoms with Crippen LogP contribution in [0, 0.1) is 6.92 Å². The van der Waals surface area contributed by atoms with Crippen molar-refractivity contribution in [2.45, 2.75) is 50.8 Å². The summed E-state index contributed by atoms with van der Waals surface area (Å²) >= 11 is 0. The van der Waals surface area contributed by atoms with Gasteiger partial charge in [0.2, 0.25) is 0 Å². The highest BCUT2D eigenvalue weighted by atomic mass is 16.3. The number of carbonyl (C=O) groups is 1. The topological polar surface area (TPSA) is 45.5 Å². The Morgan fingerprint density at radius 1 is 1.28 bits per heavy atom. The maximum Gasteiger partial charge on any atom is 0.270 e. The number of piperidine rings is 1. The fraction of sp³-hybridized carbons (Fsp3) is 0.643. The summed E-state index contributed by atoms with van der Waals surface area (Å²) in [5, 5.41) is 9.78. The Hall–Kier alpha value is -1.29. The number of hydrogen-bond donors (Lipinski definition) is 1. The van der Waals surface area contributed by atoms with Crippen molar-refractivity contribution in [1.82, 2.24) is 9.47 Å². The molecule has 0 aliphatic carbocycles. The van der Waals surface area contributed by atoms with E-state index in [-0.39, 0.29) is 24.1 Å². The highest BCUT2D eigenvalue weighted by molar-refractivity contribution is 5.93. The zero-order valence-corrected chi connectivity index (χ0v) is 11.0. The third kappa shape index (κ3) is 1.67. The Bertz CT molecular complexity index is 466. The van der Waals surface area contributed by atoms with Crippen LogP contribution in [0.2, 0.25) is 0 Å². The Morgan fingerprint density at radius 2 is 1.89 bits per heavy atom. The van der Waals surface area contributed by atoms with Crippen molar-refractivity contribution < 1.29 is 9.90 Å². The summed E-state index contributed by atoms with van der Waals surface area (Å²) in [5.41, 5.74) is 1.86. The van der Waals surface area contributed by atoms with Crippen molar-refractivity contribution in [1.29, 1.82) is 0 Å². The van der Waals surface area contributed by atoms with Gasteiger partial charge in [0.15, 0.2) is 0 Å². The molecular formula is C14H20N2O2. The molecule has 18 heavy (non-hydrogen) atoms. The van der Waals surface area contributed by atoms with Gasteiger partial charge in [-0.25, -0.2) is 0 Å². The van der Waals surface area contributed by atoms with Gasteiger partial charge in [0.05, 0.1) is 6.10 Å². The molecule has 2 bridgehead atoms. The van der Waals surface area contributed by atoms with Gasteiger partial charge in [0.25, 0.3) is 5.91 Å². The minimum Gasteiger partial charge on any atom is -0.393 e. The first kappa shape index (κ1) is 11.8. The smallest absolute Gasteiger partial charge is 0.270 e. The van der Waals surface area contributed by atoms with Gasteiger partial charge in [-0.05, 0) is 44.7 Å². The number of aliphatic hydroxyl groups excluding tert-OH is 1. The average molecular weight is 248 g/mol. The molecule has 1 aromatic heterocycles. The molecule has 2 saturated heterocycles. The van der Waals surface area contributed by atoms with Crippen LogP contribution in [0.5, 0.6) is 0 Å². The van der Waals surface area contributed by atoms with Crippen molar-refractivity contribution in [2.24, 2.45) is 7.05 Å². The van der Waals surface area contributed by atoms with Crippen molar-refractivity contribution in [3.8, 4) is 0 Å². The number of amides is 1. The molecule has 2 atom stereocenters. The monoisotopic (exact) mass is 248 g/mol. The predicted octanol–water partition coefficient (Wildman–Crippen LogP) is 1.46. The molecule has 2 aliphatic heterocycles. The average Bonchev–Trinajstić information content (AvgIpc) is 2.79. The SMILES string of the molecule is Cc1ccc(C(=O)N2[C@H]3CC[C@H]2CC(O)C3)n1C. The Balaban J connectivity index is 1.88. The molecule has 1 aromatic rings. The van der Waals surface area contributed by atoms with Crippen LogP contribution in [0.25, 0.3) is 0 Å². The first-order chi connectivity index (χ1) is 8.58. The maximum absolute atomic E-state index is 12.6. The first-order valence-corrected chi connectivity index (χ1v) is 6.71. The van der Waals surface area contributed by atoms with Gasteiger partial charge in [0.1, 0.15) is 5.69 Å². The van der Waals surface area contributed by atoms with E-state index in [0.29, 0.717) is 0 Å². The zero-order valence-electron chi connectivity index (χ0n) is 11.0. The lowest BCUT2D eigenvalue weighted by Gasteiger charge is -2.37. The first-order valence-electron chi connectivity index (χ1n) is 6.71. The van der Waals surface area contributed by atoms with Crippen LogP contribution in [0.3, 0.4) is 0 Å². The lowest BCUT2D eigenvalue weighted by Crippen LogP contribution is -2.48. The van der Waals surface area contributed by atoms with Crippen molar-refractivity contribution >= 4 is 5.91 Å². The van der Waals surface area contributed by atoms with Crippen LogP contribution in [0.1, 0.15) is 41.9 Å². The Kier molecular flexibility index (Phi) is 2.70. The molecule has 1 amide bonds. The zero-order chi connectivity index (χ0) is 12.9. The van der Waals surface area contributed by atoms with Crippen molar-refractivity contribution in [2.75, 3.05) is 0 Å². The molecule has 3 rings (SSSR count). The van der Waals surface area contributed by atoms with Crippen LogP contribution in [-0.4, -0.2) is 38.7 Å². The largest absolute Gasteiger partial charge is 0.393 e. The summed E-state index contributed by atoms with van der Waals surface area (Å²) < 4.78 is 1.95. The molecule has 0 unspecified atom stereocenters. The third-order valence-corrected chi connectivity index (χ3v) is 4.53. The number of carbonyl (C=O) groups excluding carboxylic acids is 1. The maximum atomic E-state index is 12.6. The lowest BCUT2D eigenvalue weighted by molar-refractivity contribution is 0.0280. The van der Waals surface area contributed by atoms with E-state index in [1.54, 1.807) is 0 Å². The lowest BCUT2D eigenvalue weighted by atomic mass is 9.99. The van der Waals surface area contributed by atoms with Gasteiger partial charge in [-0.3, -0.25) is 4.79 Å². The van der Waals surface area contributed by atoms with Crippen LogP contribution < -0.4 is 0 Å². The summed E-state index contributed by atoms with van der Waals surface area (Å²) in [6.07, 6.45) is 3.34. The second-order valence-electron chi connectivity index (χ2n) is 5.64. The van der Waals surface area contributed by atoms with Gasteiger partial charge in [-0.1, -0.05) is 0 Å². The van der Waals surface area contributed by atoms with E-state index >= 15 is 0 Å². The van der Waals surface area contributed by atoms with Gasteiger partial charge in [-0.15, -0.1) is 0 Å². The van der Waals surface area contributed by atoms with Crippen LogP contribution in [0.15, 0.2) is 12.1 Å². The van der Waals surface area contributed by atoms with Crippen molar-refractivity contribution in [3.05, 3.63) is 23.5 Å². The fourth-order valence-corrected chi connectivity index (χ4v) is 3.44. The number of hydrogen-bond acceptors (Lipinski definition) is 2. The van der Waals surface area contributed by atoms with Gasteiger partial charge >= 0.3 is 0 Å². The second-order valence-corrected chi connectivity index (χ2v) is 5.64. The highest BCUT2D eigenvalue weighted by Crippen LogP contribution is 2.36. The fourth-order valence-electron chi connectivity index (χ4n) is 3.44. The standard InChI is InChI=1S/C14H20N2O2/c1-9-3-6-13(15(9)2)14(18)16-10-4-5-11(16)8-12(17)7-10/h3,6,10-12,17H,4-5,7-8H2,1-2H3/t10-,11-/m0/s1. The quantitative estimate of drug-likeness (QED) is 0.818. The minimum absolute atomic E-state index is 0.130. The van der Waals surface area contributed by atoms with Crippen LogP contribution >= 0.6 is 0 Å². The molecule has 0 spiro atoms. The summed E-state index contributed by atoms with van der Waals surface area (Å²) in [4.78, 5) is 14.6. The molecule has 3 heterocycles. The number of nitrogens with zero attached hydrogens (tertiary/aromatic N) is 2. The number of fused-ring (bicyclic) bond motifs is 2. The van der Waals surface area contributed by atoms with Gasteiger partial charge in [-0.2, -0.15) is 0 Å². The van der Waals surface area contributed by atoms with Crippen LogP contribution in [0.4, 0.5) is 0 Å². The molecule has 98 valence electrons. The van der Waals surface area contributed by atoms with E-state index in [4.69, 9.17) is 0 Å². The van der Waals surface area contributed by atoms with Gasteiger partial charge in [0, 0.05) is 24.8 Å². The number of aromatic nitrogens is 1. The normalized spacial score (nSPS) is 30.8. The summed E-state index contributed by atoms with van der Waals surface area (Å²) in [5.74, 6) is 0.130. The number of aliphatic hydroxyl groups is 1. The Labute approximate surface area is 107 Å². The van der Waals surface area contributed by atoms with E-state index in [9.17, 15) is 9.90 Å². The van der Waals surface area contributed by atoms with Crippen molar-refractivity contribution in [3.63, 3.8) is 0 Å². The number of rotatable bonds is 1. The molecule has 2 fully saturated rings. The van der Waals surface area contributed by atoms with E-state index in [0.717, 1.165) is 37.1 Å². The molecule has 2 aliphatic rings. The predicted molar refractivity (Wildman–Crippen MR) is 68.4 cm³/mol. The summed E-state index contributed by atoms with van der Waals surface area (Å²) in [6, 6.07) is 4.36. The molecular weight excluding hydrogens is 228 g/mol. The summed E-state index contributed by atoms with van der Waals surface area (Å²) in [6.45, 7) is 2.01. The van der Waals surface area contributed by atoms with Gasteiger partial charge < -0.3 is 14.6 Å². The molecule has 0 radical (unpaired) electrons. The molecule has 4 nitrogen and oxygen atoms in total. The van der Waals surface area contributed by atoms with E-state index in [1.165, 1.54) is 0 Å². The highest BCUT2D eigenvalue weighted by Gasteiger charge is 2.43. The van der Waals surface area contributed by atoms with Crippen LogP contribution in [-0.2, 0) is 7.05 Å². The minimum atomic E-state index is -0.221. The van der Waals surface area contributed by atoms with E-state index < -0.39 is 0 Å². The molecule has 4 heteroatoms. The van der Waals surface area contributed by atoms with E-state index in [2.05, 4.69) is 0 Å². The summed E-state index contributed by atoms with van der Waals surface area (Å²) in [7, 11) is 1.93. The molecule has 1 N–H and O–H groups in total. The molecule has 0 aromatic carbocycles. The second kappa shape index (κ2) is 4.12. The molecule has 0 saturated carbocycles.